The standard InChI is InChI=1S/C18H30N2O3/c1-12(2)19-15(21)10-20(3)16(22)9-17-5-13-4-14(6-17)8-18(23,7-13)11-17/h12-14,23H,4-11H2,1-3H3,(H,19,21)/t13-,14+,17?,18?. The van der Waals surface area contributed by atoms with Crippen LogP contribution < -0.4 is 5.32 Å². The van der Waals surface area contributed by atoms with Crippen molar-refractivity contribution in [2.24, 2.45) is 17.3 Å². The van der Waals surface area contributed by atoms with Crippen LogP contribution in [0.15, 0.2) is 0 Å². The Morgan fingerprint density at radius 1 is 1.22 bits per heavy atom. The van der Waals surface area contributed by atoms with E-state index in [4.69, 9.17) is 0 Å². The molecule has 2 amide bonds. The molecule has 4 aliphatic rings. The van der Waals surface area contributed by atoms with Gasteiger partial charge in [0.1, 0.15) is 0 Å². The van der Waals surface area contributed by atoms with E-state index in [2.05, 4.69) is 5.32 Å². The smallest absolute Gasteiger partial charge is 0.239 e. The number of likely N-dealkylation sites (N-methyl/N-ethyl adjacent to an activating group) is 1. The zero-order valence-corrected chi connectivity index (χ0v) is 14.6. The second-order valence-electron chi connectivity index (χ2n) is 8.83. The monoisotopic (exact) mass is 322 g/mol. The summed E-state index contributed by atoms with van der Waals surface area (Å²) in [6.45, 7) is 3.94. The highest BCUT2D eigenvalue weighted by molar-refractivity contribution is 5.85. The number of hydrogen-bond acceptors (Lipinski definition) is 3. The third kappa shape index (κ3) is 3.54. The molecule has 0 radical (unpaired) electrons. The van der Waals surface area contributed by atoms with Crippen LogP contribution in [0.4, 0.5) is 0 Å². The molecule has 4 atom stereocenters. The summed E-state index contributed by atoms with van der Waals surface area (Å²) in [6, 6.07) is 0.0865. The molecule has 4 bridgehead atoms. The number of nitrogens with one attached hydrogen (secondary N) is 1. The Morgan fingerprint density at radius 2 is 1.83 bits per heavy atom. The first-order valence-corrected chi connectivity index (χ1v) is 8.94. The van der Waals surface area contributed by atoms with E-state index in [9.17, 15) is 14.7 Å². The van der Waals surface area contributed by atoms with Crippen LogP contribution >= 0.6 is 0 Å². The van der Waals surface area contributed by atoms with Crippen molar-refractivity contribution in [2.45, 2.75) is 70.4 Å². The second-order valence-corrected chi connectivity index (χ2v) is 8.83. The summed E-state index contributed by atoms with van der Waals surface area (Å²) in [5.41, 5.74) is -0.559. The van der Waals surface area contributed by atoms with E-state index in [1.165, 1.54) is 6.42 Å². The third-order valence-corrected chi connectivity index (χ3v) is 5.93. The first-order chi connectivity index (χ1) is 10.7. The van der Waals surface area contributed by atoms with E-state index in [1.54, 1.807) is 11.9 Å². The molecule has 4 fully saturated rings. The fourth-order valence-corrected chi connectivity index (χ4v) is 5.74. The highest BCUT2D eigenvalue weighted by Gasteiger charge is 2.57. The fraction of sp³-hybridized carbons (Fsp3) is 0.889. The fourth-order valence-electron chi connectivity index (χ4n) is 5.74. The van der Waals surface area contributed by atoms with Gasteiger partial charge in [-0.25, -0.2) is 0 Å². The van der Waals surface area contributed by atoms with Crippen LogP contribution in [0.1, 0.15) is 58.8 Å². The zero-order valence-electron chi connectivity index (χ0n) is 14.6. The highest BCUT2D eigenvalue weighted by Crippen LogP contribution is 2.62. The molecule has 0 aromatic carbocycles. The molecule has 0 aromatic heterocycles. The van der Waals surface area contributed by atoms with E-state index in [1.807, 2.05) is 13.8 Å². The molecule has 4 rings (SSSR count). The SMILES string of the molecule is CC(C)NC(=O)CN(C)C(=O)CC12C[C@@H]3C[C@@H](CC(O)(C3)C1)C2. The van der Waals surface area contributed by atoms with Crippen molar-refractivity contribution >= 4 is 11.8 Å². The summed E-state index contributed by atoms with van der Waals surface area (Å²) in [5, 5.41) is 13.6. The number of hydrogen-bond donors (Lipinski definition) is 2. The minimum Gasteiger partial charge on any atom is -0.390 e. The molecule has 23 heavy (non-hydrogen) atoms. The van der Waals surface area contributed by atoms with E-state index in [-0.39, 0.29) is 29.8 Å². The van der Waals surface area contributed by atoms with Gasteiger partial charge in [0.15, 0.2) is 0 Å². The zero-order chi connectivity index (χ0) is 16.8. The van der Waals surface area contributed by atoms with Gasteiger partial charge in [0.05, 0.1) is 12.1 Å². The molecule has 4 aliphatic carbocycles. The van der Waals surface area contributed by atoms with Gasteiger partial charge in [-0.1, -0.05) is 0 Å². The number of amides is 2. The van der Waals surface area contributed by atoms with Gasteiger partial charge in [0.25, 0.3) is 0 Å². The van der Waals surface area contributed by atoms with Gasteiger partial charge in [-0.3, -0.25) is 9.59 Å². The largest absolute Gasteiger partial charge is 0.390 e. The van der Waals surface area contributed by atoms with E-state index in [0.29, 0.717) is 18.3 Å². The Kier molecular flexibility index (Phi) is 4.20. The molecule has 5 nitrogen and oxygen atoms in total. The maximum absolute atomic E-state index is 12.6. The average molecular weight is 322 g/mol. The first kappa shape index (κ1) is 16.7. The van der Waals surface area contributed by atoms with Crippen molar-refractivity contribution in [1.82, 2.24) is 10.2 Å². The van der Waals surface area contributed by atoms with Crippen LogP contribution in [0.2, 0.25) is 0 Å². The molecular weight excluding hydrogens is 292 g/mol. The highest BCUT2D eigenvalue weighted by atomic mass is 16.3. The van der Waals surface area contributed by atoms with Gasteiger partial charge in [-0.05, 0) is 69.6 Å². The predicted octanol–water partition coefficient (Wildman–Crippen LogP) is 1.69. The number of carbonyl (C=O) groups is 2. The van der Waals surface area contributed by atoms with E-state index < -0.39 is 5.60 Å². The molecular formula is C18H30N2O3. The Labute approximate surface area is 138 Å². The molecule has 0 aliphatic heterocycles. The number of nitrogens with zero attached hydrogens (tertiary/aromatic N) is 1. The average Bonchev–Trinajstić information content (AvgIpc) is 2.33. The Balaban J connectivity index is 1.60. The third-order valence-electron chi connectivity index (χ3n) is 5.93. The summed E-state index contributed by atoms with van der Waals surface area (Å²) >= 11 is 0. The van der Waals surface area contributed by atoms with Crippen molar-refractivity contribution in [3.05, 3.63) is 0 Å². The van der Waals surface area contributed by atoms with Gasteiger partial charge >= 0.3 is 0 Å². The molecule has 0 aromatic rings. The van der Waals surface area contributed by atoms with Crippen molar-refractivity contribution in [2.75, 3.05) is 13.6 Å². The van der Waals surface area contributed by atoms with Crippen LogP contribution in [-0.4, -0.2) is 47.1 Å². The minimum absolute atomic E-state index is 0.0291. The summed E-state index contributed by atoms with van der Waals surface area (Å²) in [5.74, 6) is 1.10. The van der Waals surface area contributed by atoms with Crippen LogP contribution in [0.3, 0.4) is 0 Å². The maximum atomic E-state index is 12.6. The van der Waals surface area contributed by atoms with Gasteiger partial charge < -0.3 is 15.3 Å². The van der Waals surface area contributed by atoms with Crippen LogP contribution in [-0.2, 0) is 9.59 Å². The van der Waals surface area contributed by atoms with E-state index >= 15 is 0 Å². The lowest BCUT2D eigenvalue weighted by Crippen LogP contribution is -2.56. The molecule has 0 spiro atoms. The number of aliphatic hydroxyl groups is 1. The van der Waals surface area contributed by atoms with Gasteiger partial charge in [0, 0.05) is 19.5 Å². The molecule has 2 N–H and O–H groups in total. The molecule has 2 unspecified atom stereocenters. The van der Waals surface area contributed by atoms with Crippen molar-refractivity contribution < 1.29 is 14.7 Å². The van der Waals surface area contributed by atoms with Crippen LogP contribution in [0, 0.1) is 17.3 Å². The first-order valence-electron chi connectivity index (χ1n) is 8.94. The molecule has 130 valence electrons. The van der Waals surface area contributed by atoms with Crippen LogP contribution in [0.25, 0.3) is 0 Å². The quantitative estimate of drug-likeness (QED) is 0.809. The molecule has 4 saturated carbocycles. The van der Waals surface area contributed by atoms with Crippen LogP contribution in [0.5, 0.6) is 0 Å². The summed E-state index contributed by atoms with van der Waals surface area (Å²) in [7, 11) is 1.71. The number of carbonyl (C=O) groups excluding carboxylic acids is 2. The lowest BCUT2D eigenvalue weighted by molar-refractivity contribution is -0.172. The Bertz CT molecular complexity index is 488. The molecule has 0 saturated heterocycles. The summed E-state index contributed by atoms with van der Waals surface area (Å²) < 4.78 is 0. The summed E-state index contributed by atoms with van der Waals surface area (Å²) in [6.07, 6.45) is 6.47. The Hall–Kier alpha value is -1.10. The lowest BCUT2D eigenvalue weighted by atomic mass is 9.47. The van der Waals surface area contributed by atoms with Crippen molar-refractivity contribution in [1.29, 1.82) is 0 Å². The normalized spacial score (nSPS) is 38.0. The van der Waals surface area contributed by atoms with Gasteiger partial charge in [0.2, 0.25) is 11.8 Å². The van der Waals surface area contributed by atoms with Gasteiger partial charge in [-0.15, -0.1) is 0 Å². The minimum atomic E-state index is -0.530. The second kappa shape index (κ2) is 5.76. The molecule has 5 heteroatoms. The van der Waals surface area contributed by atoms with Crippen molar-refractivity contribution in [3.8, 4) is 0 Å². The van der Waals surface area contributed by atoms with Crippen molar-refractivity contribution in [3.63, 3.8) is 0 Å². The summed E-state index contributed by atoms with van der Waals surface area (Å²) in [4.78, 5) is 26.0. The van der Waals surface area contributed by atoms with E-state index in [0.717, 1.165) is 32.1 Å². The predicted molar refractivity (Wildman–Crippen MR) is 87.6 cm³/mol. The van der Waals surface area contributed by atoms with Gasteiger partial charge in [-0.2, -0.15) is 0 Å². The molecule has 0 heterocycles. The lowest BCUT2D eigenvalue weighted by Gasteiger charge is -2.60. The Morgan fingerprint density at radius 3 is 2.35 bits per heavy atom. The maximum Gasteiger partial charge on any atom is 0.239 e. The number of rotatable bonds is 5. The topological polar surface area (TPSA) is 69.6 Å².